The van der Waals surface area contributed by atoms with Crippen LogP contribution in [0.4, 0.5) is 4.39 Å². The lowest BCUT2D eigenvalue weighted by Gasteiger charge is -2.22. The highest BCUT2D eigenvalue weighted by molar-refractivity contribution is 5.94. The van der Waals surface area contributed by atoms with Gasteiger partial charge in [0.1, 0.15) is 5.82 Å². The van der Waals surface area contributed by atoms with E-state index in [1.165, 1.54) is 6.07 Å². The molecule has 0 aliphatic rings. The largest absolute Gasteiger partial charge is 0.351 e. The molecule has 94 valence electrons. The van der Waals surface area contributed by atoms with Crippen LogP contribution in [-0.4, -0.2) is 19.0 Å². The highest BCUT2D eigenvalue weighted by Gasteiger charge is 2.17. The van der Waals surface area contributed by atoms with E-state index in [2.05, 4.69) is 5.32 Å². The topological polar surface area (TPSA) is 55.1 Å². The molecule has 0 aliphatic heterocycles. The van der Waals surface area contributed by atoms with Gasteiger partial charge in [-0.2, -0.15) is 0 Å². The van der Waals surface area contributed by atoms with Crippen LogP contribution in [0.5, 0.6) is 0 Å². The summed E-state index contributed by atoms with van der Waals surface area (Å²) in [6.45, 7) is 6.54. The number of hydrogen-bond donors (Lipinski definition) is 2. The van der Waals surface area contributed by atoms with Crippen molar-refractivity contribution in [3.63, 3.8) is 0 Å². The molecule has 17 heavy (non-hydrogen) atoms. The Morgan fingerprint density at radius 2 is 2.12 bits per heavy atom. The maximum absolute atomic E-state index is 13.3. The summed E-state index contributed by atoms with van der Waals surface area (Å²) in [4.78, 5) is 11.8. The van der Waals surface area contributed by atoms with Crippen molar-refractivity contribution < 1.29 is 9.18 Å². The van der Waals surface area contributed by atoms with E-state index in [1.54, 1.807) is 19.1 Å². The zero-order valence-electron chi connectivity index (χ0n) is 10.5. The molecule has 0 radical (unpaired) electrons. The first-order chi connectivity index (χ1) is 7.85. The lowest BCUT2D eigenvalue weighted by molar-refractivity contribution is 0.0937. The highest BCUT2D eigenvalue weighted by Crippen LogP contribution is 2.12. The monoisotopic (exact) mass is 238 g/mol. The Balaban J connectivity index is 2.68. The molecule has 1 aromatic carbocycles. The predicted octanol–water partition coefficient (Wildman–Crippen LogP) is 1.85. The highest BCUT2D eigenvalue weighted by atomic mass is 19.1. The maximum Gasteiger partial charge on any atom is 0.251 e. The number of nitrogens with two attached hydrogens (primary N) is 1. The van der Waals surface area contributed by atoms with Crippen LogP contribution in [0.15, 0.2) is 18.2 Å². The summed E-state index contributed by atoms with van der Waals surface area (Å²) in [7, 11) is 0. The van der Waals surface area contributed by atoms with E-state index in [-0.39, 0.29) is 17.1 Å². The SMILES string of the molecule is Cc1ccc(C(=O)NCC(C)(C)CN)cc1F. The number of hydrogen-bond acceptors (Lipinski definition) is 2. The van der Waals surface area contributed by atoms with E-state index in [0.717, 1.165) is 0 Å². The van der Waals surface area contributed by atoms with E-state index in [4.69, 9.17) is 5.73 Å². The van der Waals surface area contributed by atoms with Gasteiger partial charge in [0.05, 0.1) is 0 Å². The summed E-state index contributed by atoms with van der Waals surface area (Å²) in [5.74, 6) is -0.638. The Morgan fingerprint density at radius 3 is 2.65 bits per heavy atom. The summed E-state index contributed by atoms with van der Waals surface area (Å²) in [5, 5.41) is 2.75. The van der Waals surface area contributed by atoms with Crippen LogP contribution in [0.3, 0.4) is 0 Å². The number of nitrogens with one attached hydrogen (secondary N) is 1. The van der Waals surface area contributed by atoms with Crippen LogP contribution in [0, 0.1) is 18.2 Å². The zero-order chi connectivity index (χ0) is 13.1. The van der Waals surface area contributed by atoms with Crippen LogP contribution in [-0.2, 0) is 0 Å². The molecule has 0 unspecified atom stereocenters. The van der Waals surface area contributed by atoms with Gasteiger partial charge in [-0.05, 0) is 36.6 Å². The van der Waals surface area contributed by atoms with Crippen molar-refractivity contribution in [3.8, 4) is 0 Å². The molecule has 0 fully saturated rings. The van der Waals surface area contributed by atoms with Crippen molar-refractivity contribution >= 4 is 5.91 Å². The second-order valence-corrected chi connectivity index (χ2v) is 5.01. The van der Waals surface area contributed by atoms with Crippen LogP contribution >= 0.6 is 0 Å². The number of benzene rings is 1. The number of amides is 1. The number of rotatable bonds is 4. The number of carbonyl (C=O) groups is 1. The van der Waals surface area contributed by atoms with Gasteiger partial charge < -0.3 is 11.1 Å². The molecule has 0 atom stereocenters. The summed E-state index contributed by atoms with van der Waals surface area (Å²) in [5.41, 5.74) is 6.28. The minimum absolute atomic E-state index is 0.154. The van der Waals surface area contributed by atoms with Gasteiger partial charge >= 0.3 is 0 Å². The Hall–Kier alpha value is -1.42. The normalized spacial score (nSPS) is 11.4. The van der Waals surface area contributed by atoms with Gasteiger partial charge in [-0.3, -0.25) is 4.79 Å². The third kappa shape index (κ3) is 3.82. The molecule has 3 nitrogen and oxygen atoms in total. The Kier molecular flexibility index (Phi) is 4.23. The molecule has 0 saturated heterocycles. The van der Waals surface area contributed by atoms with Crippen LogP contribution in [0.1, 0.15) is 29.8 Å². The van der Waals surface area contributed by atoms with Gasteiger partial charge in [0.25, 0.3) is 5.91 Å². The van der Waals surface area contributed by atoms with Crippen molar-refractivity contribution in [3.05, 3.63) is 35.1 Å². The fourth-order valence-electron chi connectivity index (χ4n) is 1.23. The smallest absolute Gasteiger partial charge is 0.251 e. The van der Waals surface area contributed by atoms with Crippen LogP contribution in [0.2, 0.25) is 0 Å². The summed E-state index contributed by atoms with van der Waals surface area (Å²) in [6, 6.07) is 4.46. The third-order valence-corrected chi connectivity index (χ3v) is 2.71. The quantitative estimate of drug-likeness (QED) is 0.841. The fourth-order valence-corrected chi connectivity index (χ4v) is 1.23. The maximum atomic E-state index is 13.3. The second-order valence-electron chi connectivity index (χ2n) is 5.01. The zero-order valence-corrected chi connectivity index (χ0v) is 10.5. The second kappa shape index (κ2) is 5.27. The lowest BCUT2D eigenvalue weighted by Crippen LogP contribution is -2.38. The molecule has 0 aliphatic carbocycles. The first kappa shape index (κ1) is 13.6. The van der Waals surface area contributed by atoms with Gasteiger partial charge in [-0.15, -0.1) is 0 Å². The number of halogens is 1. The summed E-state index contributed by atoms with van der Waals surface area (Å²) in [6.07, 6.45) is 0. The molecule has 3 N–H and O–H groups in total. The summed E-state index contributed by atoms with van der Waals surface area (Å²) < 4.78 is 13.3. The minimum Gasteiger partial charge on any atom is -0.351 e. The van der Waals surface area contributed by atoms with E-state index in [9.17, 15) is 9.18 Å². The molecule has 1 aromatic rings. The first-order valence-electron chi connectivity index (χ1n) is 5.60. The van der Waals surface area contributed by atoms with Gasteiger partial charge in [-0.25, -0.2) is 4.39 Å². The predicted molar refractivity (Wildman–Crippen MR) is 66.3 cm³/mol. The molecular formula is C13H19FN2O. The van der Waals surface area contributed by atoms with Gasteiger partial charge in [0.15, 0.2) is 0 Å². The average molecular weight is 238 g/mol. The summed E-state index contributed by atoms with van der Waals surface area (Å²) >= 11 is 0. The average Bonchev–Trinajstić information content (AvgIpc) is 2.30. The number of carbonyl (C=O) groups excluding carboxylic acids is 1. The fraction of sp³-hybridized carbons (Fsp3) is 0.462. The standard InChI is InChI=1S/C13H19FN2O/c1-9-4-5-10(6-11(9)14)12(17)16-8-13(2,3)7-15/h4-6H,7-8,15H2,1-3H3,(H,16,17). The van der Waals surface area contributed by atoms with Crippen molar-refractivity contribution in [1.29, 1.82) is 0 Å². The molecule has 0 spiro atoms. The van der Waals surface area contributed by atoms with Crippen LogP contribution in [0.25, 0.3) is 0 Å². The van der Waals surface area contributed by atoms with Crippen molar-refractivity contribution in [2.45, 2.75) is 20.8 Å². The van der Waals surface area contributed by atoms with Gasteiger partial charge in [-0.1, -0.05) is 19.9 Å². The molecule has 0 saturated carbocycles. The molecule has 0 aromatic heterocycles. The van der Waals surface area contributed by atoms with Crippen molar-refractivity contribution in [1.82, 2.24) is 5.32 Å². The van der Waals surface area contributed by atoms with Crippen molar-refractivity contribution in [2.75, 3.05) is 13.1 Å². The Bertz CT molecular complexity index is 416. The van der Waals surface area contributed by atoms with Gasteiger partial charge in [0, 0.05) is 12.1 Å². The minimum atomic E-state index is -0.365. The van der Waals surface area contributed by atoms with E-state index < -0.39 is 0 Å². The van der Waals surface area contributed by atoms with Crippen molar-refractivity contribution in [2.24, 2.45) is 11.1 Å². The molecule has 4 heteroatoms. The third-order valence-electron chi connectivity index (χ3n) is 2.71. The van der Waals surface area contributed by atoms with E-state index >= 15 is 0 Å². The van der Waals surface area contributed by atoms with Crippen LogP contribution < -0.4 is 11.1 Å². The molecule has 1 rings (SSSR count). The van der Waals surface area contributed by atoms with E-state index in [1.807, 2.05) is 13.8 Å². The molecular weight excluding hydrogens is 219 g/mol. The number of aryl methyl sites for hydroxylation is 1. The molecule has 1 amide bonds. The molecule has 0 heterocycles. The van der Waals surface area contributed by atoms with Gasteiger partial charge in [0.2, 0.25) is 0 Å². The Morgan fingerprint density at radius 1 is 1.47 bits per heavy atom. The Labute approximate surface area is 101 Å². The first-order valence-corrected chi connectivity index (χ1v) is 5.60. The molecule has 0 bridgehead atoms. The lowest BCUT2D eigenvalue weighted by atomic mass is 9.94. The van der Waals surface area contributed by atoms with E-state index in [0.29, 0.717) is 24.2 Å².